The van der Waals surface area contributed by atoms with Gasteiger partial charge in [0.05, 0.1) is 11.6 Å². The Labute approximate surface area is 100 Å². The second-order valence-corrected chi connectivity index (χ2v) is 4.85. The van der Waals surface area contributed by atoms with Crippen molar-refractivity contribution in [2.24, 2.45) is 13.0 Å². The number of anilines is 1. The Hall–Kier alpha value is -1.65. The first-order chi connectivity index (χ1) is 8.25. The minimum absolute atomic E-state index is 0.474. The first-order valence-electron chi connectivity index (χ1n) is 6.15. The molecule has 0 saturated heterocycles. The van der Waals surface area contributed by atoms with E-state index in [1.165, 1.54) is 19.3 Å². The Bertz CT molecular complexity index is 529. The molecule has 3 rings (SSSR count). The van der Waals surface area contributed by atoms with E-state index < -0.39 is 0 Å². The van der Waals surface area contributed by atoms with Crippen molar-refractivity contribution in [3.8, 4) is 0 Å². The third kappa shape index (κ3) is 1.75. The van der Waals surface area contributed by atoms with Crippen LogP contribution in [-0.4, -0.2) is 25.8 Å². The predicted molar refractivity (Wildman–Crippen MR) is 66.7 cm³/mol. The summed E-state index contributed by atoms with van der Waals surface area (Å²) in [7, 11) is 1.90. The van der Waals surface area contributed by atoms with Crippen LogP contribution >= 0.6 is 0 Å². The minimum atomic E-state index is 0.474. The van der Waals surface area contributed by atoms with Gasteiger partial charge < -0.3 is 5.32 Å². The molecule has 5 nitrogen and oxygen atoms in total. The summed E-state index contributed by atoms with van der Waals surface area (Å²) < 4.78 is 1.77. The van der Waals surface area contributed by atoms with Crippen molar-refractivity contribution in [2.45, 2.75) is 32.2 Å². The molecule has 0 aromatic carbocycles. The molecule has 0 aliphatic heterocycles. The fourth-order valence-corrected chi connectivity index (χ4v) is 2.35. The summed E-state index contributed by atoms with van der Waals surface area (Å²) in [6, 6.07) is 0.474. The van der Waals surface area contributed by atoms with E-state index in [4.69, 9.17) is 0 Å². The van der Waals surface area contributed by atoms with E-state index in [2.05, 4.69) is 27.3 Å². The van der Waals surface area contributed by atoms with Crippen molar-refractivity contribution in [3.05, 3.63) is 12.5 Å². The standard InChI is InChI=1S/C12H17N5/c1-8(9-4-3-5-9)16-11-10-6-15-17(2)12(10)14-7-13-11/h6-9H,3-5H2,1-2H3,(H,13,14,16). The van der Waals surface area contributed by atoms with Gasteiger partial charge in [0.15, 0.2) is 5.65 Å². The molecule has 0 spiro atoms. The highest BCUT2D eigenvalue weighted by atomic mass is 15.3. The second-order valence-electron chi connectivity index (χ2n) is 4.85. The van der Waals surface area contributed by atoms with Gasteiger partial charge in [-0.25, -0.2) is 9.97 Å². The van der Waals surface area contributed by atoms with Gasteiger partial charge in [-0.15, -0.1) is 0 Å². The fourth-order valence-electron chi connectivity index (χ4n) is 2.35. The summed E-state index contributed by atoms with van der Waals surface area (Å²) in [6.45, 7) is 2.23. The lowest BCUT2D eigenvalue weighted by molar-refractivity contribution is 0.285. The summed E-state index contributed by atoms with van der Waals surface area (Å²) in [4.78, 5) is 8.56. The normalized spacial score (nSPS) is 18.0. The smallest absolute Gasteiger partial charge is 0.163 e. The van der Waals surface area contributed by atoms with Gasteiger partial charge in [0, 0.05) is 13.1 Å². The number of aryl methyl sites for hydroxylation is 1. The van der Waals surface area contributed by atoms with E-state index >= 15 is 0 Å². The minimum Gasteiger partial charge on any atom is -0.367 e. The Morgan fingerprint density at radius 3 is 2.94 bits per heavy atom. The maximum Gasteiger partial charge on any atom is 0.163 e. The van der Waals surface area contributed by atoms with Crippen LogP contribution in [0.2, 0.25) is 0 Å². The SMILES string of the molecule is CC(Nc1ncnc2c1cnn2C)C1CCC1. The molecule has 17 heavy (non-hydrogen) atoms. The molecule has 2 aromatic heterocycles. The van der Waals surface area contributed by atoms with E-state index in [0.29, 0.717) is 6.04 Å². The molecule has 1 aliphatic carbocycles. The Balaban J connectivity index is 1.89. The number of aromatic nitrogens is 4. The van der Waals surface area contributed by atoms with Gasteiger partial charge in [-0.1, -0.05) is 6.42 Å². The van der Waals surface area contributed by atoms with Gasteiger partial charge in [-0.05, 0) is 25.7 Å². The van der Waals surface area contributed by atoms with Crippen LogP contribution in [0, 0.1) is 5.92 Å². The van der Waals surface area contributed by atoms with Crippen LogP contribution in [0.3, 0.4) is 0 Å². The molecule has 90 valence electrons. The molecule has 2 aromatic rings. The summed E-state index contributed by atoms with van der Waals surface area (Å²) in [5.41, 5.74) is 0.878. The van der Waals surface area contributed by atoms with Crippen LogP contribution in [0.4, 0.5) is 5.82 Å². The molecule has 0 radical (unpaired) electrons. The molecule has 1 N–H and O–H groups in total. The van der Waals surface area contributed by atoms with E-state index in [-0.39, 0.29) is 0 Å². The Kier molecular flexibility index (Phi) is 2.46. The van der Waals surface area contributed by atoms with Crippen molar-refractivity contribution in [1.29, 1.82) is 0 Å². The number of nitrogens with one attached hydrogen (secondary N) is 1. The predicted octanol–water partition coefficient (Wildman–Crippen LogP) is 1.96. The zero-order valence-electron chi connectivity index (χ0n) is 10.2. The topological polar surface area (TPSA) is 55.6 Å². The maximum atomic E-state index is 4.33. The van der Waals surface area contributed by atoms with Gasteiger partial charge in [0.25, 0.3) is 0 Å². The van der Waals surface area contributed by atoms with Crippen molar-refractivity contribution >= 4 is 16.9 Å². The zero-order chi connectivity index (χ0) is 11.8. The summed E-state index contributed by atoms with van der Waals surface area (Å²) in [5.74, 6) is 1.69. The zero-order valence-corrected chi connectivity index (χ0v) is 10.2. The summed E-state index contributed by atoms with van der Waals surface area (Å²) in [6.07, 6.45) is 7.44. The number of rotatable bonds is 3. The molecular formula is C12H17N5. The van der Waals surface area contributed by atoms with Crippen molar-refractivity contribution in [3.63, 3.8) is 0 Å². The second kappa shape index (κ2) is 3.98. The van der Waals surface area contributed by atoms with Gasteiger partial charge >= 0.3 is 0 Å². The molecule has 1 unspecified atom stereocenters. The highest BCUT2D eigenvalue weighted by Crippen LogP contribution is 2.31. The van der Waals surface area contributed by atoms with Crippen LogP contribution in [0.5, 0.6) is 0 Å². The molecule has 5 heteroatoms. The van der Waals surface area contributed by atoms with Crippen molar-refractivity contribution < 1.29 is 0 Å². The lowest BCUT2D eigenvalue weighted by atomic mass is 9.80. The number of hydrogen-bond acceptors (Lipinski definition) is 4. The average molecular weight is 231 g/mol. The molecule has 1 saturated carbocycles. The lowest BCUT2D eigenvalue weighted by Crippen LogP contribution is -2.31. The third-order valence-electron chi connectivity index (χ3n) is 3.75. The van der Waals surface area contributed by atoms with E-state index in [0.717, 1.165) is 22.8 Å². The molecule has 1 aliphatic rings. The van der Waals surface area contributed by atoms with Crippen molar-refractivity contribution in [1.82, 2.24) is 19.7 Å². The fraction of sp³-hybridized carbons (Fsp3) is 0.583. The largest absolute Gasteiger partial charge is 0.367 e. The van der Waals surface area contributed by atoms with Crippen LogP contribution in [-0.2, 0) is 7.05 Å². The lowest BCUT2D eigenvalue weighted by Gasteiger charge is -2.32. The number of fused-ring (bicyclic) bond motifs is 1. The Morgan fingerprint density at radius 2 is 2.24 bits per heavy atom. The highest BCUT2D eigenvalue weighted by molar-refractivity contribution is 5.86. The van der Waals surface area contributed by atoms with Gasteiger partial charge in [0.2, 0.25) is 0 Å². The highest BCUT2D eigenvalue weighted by Gasteiger charge is 2.24. The van der Waals surface area contributed by atoms with Gasteiger partial charge in [-0.3, -0.25) is 4.68 Å². The van der Waals surface area contributed by atoms with Gasteiger partial charge in [-0.2, -0.15) is 5.10 Å². The first kappa shape index (κ1) is 10.5. The van der Waals surface area contributed by atoms with E-state index in [1.54, 1.807) is 11.0 Å². The average Bonchev–Trinajstić information content (AvgIpc) is 2.59. The van der Waals surface area contributed by atoms with Crippen LogP contribution in [0.1, 0.15) is 26.2 Å². The van der Waals surface area contributed by atoms with E-state index in [9.17, 15) is 0 Å². The summed E-state index contributed by atoms with van der Waals surface area (Å²) in [5, 5.41) is 8.71. The molecular weight excluding hydrogens is 214 g/mol. The summed E-state index contributed by atoms with van der Waals surface area (Å²) >= 11 is 0. The third-order valence-corrected chi connectivity index (χ3v) is 3.75. The molecule has 0 bridgehead atoms. The van der Waals surface area contributed by atoms with Crippen LogP contribution in [0.25, 0.3) is 11.0 Å². The first-order valence-corrected chi connectivity index (χ1v) is 6.15. The van der Waals surface area contributed by atoms with Gasteiger partial charge in [0.1, 0.15) is 12.1 Å². The number of hydrogen-bond donors (Lipinski definition) is 1. The van der Waals surface area contributed by atoms with E-state index in [1.807, 2.05) is 13.2 Å². The molecule has 2 heterocycles. The number of nitrogens with zero attached hydrogens (tertiary/aromatic N) is 4. The van der Waals surface area contributed by atoms with Crippen LogP contribution < -0.4 is 5.32 Å². The monoisotopic (exact) mass is 231 g/mol. The molecule has 1 fully saturated rings. The van der Waals surface area contributed by atoms with Crippen molar-refractivity contribution in [2.75, 3.05) is 5.32 Å². The quantitative estimate of drug-likeness (QED) is 0.877. The molecule has 0 amide bonds. The molecule has 1 atom stereocenters. The van der Waals surface area contributed by atoms with Crippen LogP contribution in [0.15, 0.2) is 12.5 Å². The Morgan fingerprint density at radius 1 is 1.41 bits per heavy atom. The maximum absolute atomic E-state index is 4.33.